The Morgan fingerprint density at radius 2 is 0.411 bits per heavy atom. The lowest BCUT2D eigenvalue weighted by Gasteiger charge is -2.42. The SMILES string of the molecule is c1ccc(-c2ccc(N(c3ccc(-c4ccccc4)cc3)c3ccc(-c4ccc(S(c5ccccc5)(c5ccccc5)c5ccccc5)cc4)cc3)cc2)cc1. The Kier molecular flexibility index (Phi) is 9.87. The fourth-order valence-corrected chi connectivity index (χ4v) is 11.5. The van der Waals surface area contributed by atoms with Crippen molar-refractivity contribution in [1.29, 1.82) is 0 Å². The van der Waals surface area contributed by atoms with Crippen LogP contribution in [0.1, 0.15) is 0 Å². The summed E-state index contributed by atoms with van der Waals surface area (Å²) in [4.78, 5) is 7.62. The Morgan fingerprint density at radius 3 is 0.696 bits per heavy atom. The van der Waals surface area contributed by atoms with Crippen LogP contribution in [0.25, 0.3) is 33.4 Å². The molecule has 0 aliphatic heterocycles. The molecule has 0 heterocycles. The van der Waals surface area contributed by atoms with Crippen molar-refractivity contribution >= 4 is 27.1 Å². The Labute approximate surface area is 332 Å². The van der Waals surface area contributed by atoms with Crippen molar-refractivity contribution in [2.24, 2.45) is 0 Å². The van der Waals surface area contributed by atoms with Crippen molar-refractivity contribution < 1.29 is 0 Å². The Hall–Kier alpha value is -6.87. The van der Waals surface area contributed by atoms with Gasteiger partial charge in [-0.15, -0.1) is 10.0 Å². The normalized spacial score (nSPS) is 11.5. The predicted octanol–water partition coefficient (Wildman–Crippen LogP) is 15.5. The van der Waals surface area contributed by atoms with Gasteiger partial charge in [0.15, 0.2) is 0 Å². The molecule has 0 atom stereocenters. The first-order chi connectivity index (χ1) is 27.8. The van der Waals surface area contributed by atoms with Crippen LogP contribution in [0.5, 0.6) is 0 Å². The van der Waals surface area contributed by atoms with Crippen LogP contribution in [-0.2, 0) is 0 Å². The summed E-state index contributed by atoms with van der Waals surface area (Å²) in [6.07, 6.45) is 0. The van der Waals surface area contributed by atoms with E-state index in [9.17, 15) is 0 Å². The van der Waals surface area contributed by atoms with Gasteiger partial charge in [0.1, 0.15) is 0 Å². The molecule has 56 heavy (non-hydrogen) atoms. The van der Waals surface area contributed by atoms with Gasteiger partial charge in [-0.25, -0.2) is 0 Å². The number of rotatable bonds is 10. The van der Waals surface area contributed by atoms with Gasteiger partial charge < -0.3 is 4.90 Å². The van der Waals surface area contributed by atoms with E-state index in [1.165, 1.54) is 53.0 Å². The predicted molar refractivity (Wildman–Crippen MR) is 237 cm³/mol. The smallest absolute Gasteiger partial charge is 0.0462 e. The summed E-state index contributed by atoms with van der Waals surface area (Å²) in [7, 11) is -1.74. The van der Waals surface area contributed by atoms with Crippen molar-refractivity contribution in [1.82, 2.24) is 0 Å². The zero-order valence-electron chi connectivity index (χ0n) is 31.0. The van der Waals surface area contributed by atoms with Crippen LogP contribution in [0.15, 0.2) is 268 Å². The molecule has 9 aromatic carbocycles. The first-order valence-electron chi connectivity index (χ1n) is 19.1. The molecule has 0 bridgehead atoms. The van der Waals surface area contributed by atoms with E-state index < -0.39 is 10.0 Å². The summed E-state index contributed by atoms with van der Waals surface area (Å²) in [5, 5.41) is 0. The molecule has 0 saturated carbocycles. The topological polar surface area (TPSA) is 3.24 Å². The number of hydrogen-bond donors (Lipinski definition) is 0. The lowest BCUT2D eigenvalue weighted by atomic mass is 10.0. The van der Waals surface area contributed by atoms with Crippen molar-refractivity contribution in [2.45, 2.75) is 19.6 Å². The zero-order chi connectivity index (χ0) is 37.6. The molecule has 0 aliphatic rings. The summed E-state index contributed by atoms with van der Waals surface area (Å²) >= 11 is 0. The van der Waals surface area contributed by atoms with Crippen LogP contribution in [0, 0.1) is 0 Å². The first kappa shape index (κ1) is 34.9. The van der Waals surface area contributed by atoms with E-state index in [4.69, 9.17) is 0 Å². The molecular formula is C54H41NS. The van der Waals surface area contributed by atoms with Gasteiger partial charge >= 0.3 is 0 Å². The molecule has 0 fully saturated rings. The van der Waals surface area contributed by atoms with Gasteiger partial charge in [0.05, 0.1) is 0 Å². The molecule has 268 valence electrons. The maximum absolute atomic E-state index is 2.35. The molecule has 2 heteroatoms. The van der Waals surface area contributed by atoms with Gasteiger partial charge in [-0.1, -0.05) is 164 Å². The summed E-state index contributed by atoms with van der Waals surface area (Å²) in [6, 6.07) is 90.2. The molecule has 9 aromatic rings. The maximum atomic E-state index is 2.35. The minimum Gasteiger partial charge on any atom is -0.311 e. The average molecular weight is 736 g/mol. The molecular weight excluding hydrogens is 695 g/mol. The number of benzene rings is 9. The third-order valence-electron chi connectivity index (χ3n) is 10.4. The van der Waals surface area contributed by atoms with E-state index in [0.717, 1.165) is 17.1 Å². The monoisotopic (exact) mass is 735 g/mol. The van der Waals surface area contributed by atoms with E-state index in [0.29, 0.717) is 0 Å². The fourth-order valence-electron chi connectivity index (χ4n) is 7.66. The van der Waals surface area contributed by atoms with Crippen LogP contribution in [0.3, 0.4) is 0 Å². The van der Waals surface area contributed by atoms with Gasteiger partial charge in [0.25, 0.3) is 0 Å². The van der Waals surface area contributed by atoms with E-state index in [1.807, 2.05) is 0 Å². The molecule has 1 nitrogen and oxygen atoms in total. The number of nitrogens with zero attached hydrogens (tertiary/aromatic N) is 1. The molecule has 0 unspecified atom stereocenters. The highest BCUT2D eigenvalue weighted by molar-refractivity contribution is 8.34. The van der Waals surface area contributed by atoms with Crippen molar-refractivity contribution in [3.63, 3.8) is 0 Å². The molecule has 0 N–H and O–H groups in total. The highest BCUT2D eigenvalue weighted by atomic mass is 32.3. The zero-order valence-corrected chi connectivity index (χ0v) is 31.8. The van der Waals surface area contributed by atoms with Gasteiger partial charge in [0, 0.05) is 36.6 Å². The van der Waals surface area contributed by atoms with Gasteiger partial charge in [0.2, 0.25) is 0 Å². The third-order valence-corrected chi connectivity index (χ3v) is 14.3. The fraction of sp³-hybridized carbons (Fsp3) is 0. The lowest BCUT2D eigenvalue weighted by molar-refractivity contribution is 1.24. The molecule has 0 amide bonds. The maximum Gasteiger partial charge on any atom is 0.0462 e. The second kappa shape index (κ2) is 15.8. The van der Waals surface area contributed by atoms with Crippen LogP contribution in [0.4, 0.5) is 17.1 Å². The minimum atomic E-state index is -1.74. The standard InChI is InChI=1S/C54H41NS/c1-6-16-42(17-7-1)44-26-34-48(35-27-44)55(49-36-28-45(29-37-49)43-18-8-2-9-19-43)50-38-30-46(31-39-50)47-32-40-54(41-33-47)56(51-20-10-3-11-21-51,52-22-12-4-13-23-52)53-24-14-5-15-25-53/h1-41H. The molecule has 0 saturated heterocycles. The van der Waals surface area contributed by atoms with E-state index >= 15 is 0 Å². The Bertz CT molecular complexity index is 2430. The van der Waals surface area contributed by atoms with Gasteiger partial charge in [-0.2, -0.15) is 0 Å². The van der Waals surface area contributed by atoms with Crippen LogP contribution in [0.2, 0.25) is 0 Å². The highest BCUT2D eigenvalue weighted by Crippen LogP contribution is 2.73. The molecule has 9 rings (SSSR count). The summed E-state index contributed by atoms with van der Waals surface area (Å²) in [5.74, 6) is 0. The van der Waals surface area contributed by atoms with Crippen molar-refractivity contribution in [2.75, 3.05) is 4.90 Å². The average Bonchev–Trinajstić information content (AvgIpc) is 3.29. The van der Waals surface area contributed by atoms with E-state index in [-0.39, 0.29) is 0 Å². The summed E-state index contributed by atoms with van der Waals surface area (Å²) in [5.41, 5.74) is 10.5. The largest absolute Gasteiger partial charge is 0.311 e. The number of hydrogen-bond acceptors (Lipinski definition) is 1. The molecule has 0 spiro atoms. The molecule has 0 aliphatic carbocycles. The van der Waals surface area contributed by atoms with E-state index in [2.05, 4.69) is 254 Å². The highest BCUT2D eigenvalue weighted by Gasteiger charge is 2.33. The van der Waals surface area contributed by atoms with Crippen molar-refractivity contribution in [3.05, 3.63) is 249 Å². The second-order valence-corrected chi connectivity index (χ2v) is 16.9. The first-order valence-corrected chi connectivity index (χ1v) is 20.7. The van der Waals surface area contributed by atoms with Gasteiger partial charge in [-0.3, -0.25) is 0 Å². The van der Waals surface area contributed by atoms with Crippen LogP contribution >= 0.6 is 10.0 Å². The van der Waals surface area contributed by atoms with Crippen LogP contribution < -0.4 is 4.90 Å². The van der Waals surface area contributed by atoms with E-state index in [1.54, 1.807) is 0 Å². The Balaban J connectivity index is 1.08. The molecule has 0 radical (unpaired) electrons. The second-order valence-electron chi connectivity index (χ2n) is 13.8. The minimum absolute atomic E-state index is 1.10. The summed E-state index contributed by atoms with van der Waals surface area (Å²) in [6.45, 7) is 0. The van der Waals surface area contributed by atoms with Gasteiger partial charge in [-0.05, 0) is 118 Å². The quantitative estimate of drug-likeness (QED) is 0.135. The summed E-state index contributed by atoms with van der Waals surface area (Å²) < 4.78 is 0. The van der Waals surface area contributed by atoms with Crippen molar-refractivity contribution in [3.8, 4) is 33.4 Å². The Morgan fingerprint density at radius 1 is 0.196 bits per heavy atom. The van der Waals surface area contributed by atoms with Crippen LogP contribution in [-0.4, -0.2) is 0 Å². The number of anilines is 3. The molecule has 0 aromatic heterocycles. The lowest BCUT2D eigenvalue weighted by Crippen LogP contribution is -2.09. The third kappa shape index (κ3) is 6.84.